The zero-order valence-corrected chi connectivity index (χ0v) is 12.6. The summed E-state index contributed by atoms with van der Waals surface area (Å²) in [5, 5.41) is 0. The minimum Gasteiger partial charge on any atom is -0.468 e. The monoisotopic (exact) mass is 276 g/mol. The number of carbonyl (C=O) groups is 1. The molecule has 0 unspecified atom stereocenters. The summed E-state index contributed by atoms with van der Waals surface area (Å²) < 4.78 is 10.4. The van der Waals surface area contributed by atoms with Gasteiger partial charge in [0.05, 0.1) is 12.2 Å². The fourth-order valence-corrected chi connectivity index (χ4v) is 1.93. The van der Waals surface area contributed by atoms with Crippen LogP contribution in [0.15, 0.2) is 41.1 Å². The number of ether oxygens (including phenoxy) is 1. The van der Waals surface area contributed by atoms with Gasteiger partial charge in [0.1, 0.15) is 12.0 Å². The Morgan fingerprint density at radius 2 is 2.30 bits per heavy atom. The molecule has 0 saturated heterocycles. The standard InChI is InChI=1S/C17H24O3/c1-5-13(3)8-7-9-14(4)10-16-11-15(12-20-16)17(18)19-6-2/h5,8,11-12,14H,1,6-7,9-10H2,2-4H3/t14-/m0/s1. The van der Waals surface area contributed by atoms with Crippen LogP contribution >= 0.6 is 0 Å². The summed E-state index contributed by atoms with van der Waals surface area (Å²) in [7, 11) is 0. The second-order valence-corrected chi connectivity index (χ2v) is 5.06. The van der Waals surface area contributed by atoms with Crippen LogP contribution in [-0.4, -0.2) is 12.6 Å². The quantitative estimate of drug-likeness (QED) is 0.516. The van der Waals surface area contributed by atoms with Gasteiger partial charge in [-0.15, -0.1) is 0 Å². The number of hydrogen-bond donors (Lipinski definition) is 0. The first-order valence-corrected chi connectivity index (χ1v) is 7.10. The lowest BCUT2D eigenvalue weighted by molar-refractivity contribution is 0.0525. The lowest BCUT2D eigenvalue weighted by atomic mass is 9.99. The number of carbonyl (C=O) groups excluding carboxylic acids is 1. The molecule has 1 aromatic heterocycles. The SMILES string of the molecule is C=CC(C)=CCC[C@H](C)Cc1cc(C(=O)OCC)co1. The smallest absolute Gasteiger partial charge is 0.341 e. The van der Waals surface area contributed by atoms with Crippen molar-refractivity contribution in [1.82, 2.24) is 0 Å². The molecule has 0 fully saturated rings. The summed E-state index contributed by atoms with van der Waals surface area (Å²) in [6.45, 7) is 10.1. The van der Waals surface area contributed by atoms with Crippen LogP contribution in [0.5, 0.6) is 0 Å². The Balaban J connectivity index is 2.44. The second-order valence-electron chi connectivity index (χ2n) is 5.06. The van der Waals surface area contributed by atoms with E-state index in [4.69, 9.17) is 9.15 Å². The number of rotatable bonds is 8. The van der Waals surface area contributed by atoms with Crippen LogP contribution in [0, 0.1) is 5.92 Å². The van der Waals surface area contributed by atoms with Gasteiger partial charge in [-0.1, -0.05) is 31.2 Å². The topological polar surface area (TPSA) is 39.4 Å². The van der Waals surface area contributed by atoms with Crippen LogP contribution in [0.1, 0.15) is 49.7 Å². The highest BCUT2D eigenvalue weighted by Crippen LogP contribution is 2.17. The van der Waals surface area contributed by atoms with Gasteiger partial charge < -0.3 is 9.15 Å². The minimum atomic E-state index is -0.320. The largest absolute Gasteiger partial charge is 0.468 e. The lowest BCUT2D eigenvalue weighted by Gasteiger charge is -2.07. The summed E-state index contributed by atoms with van der Waals surface area (Å²) in [6, 6.07) is 1.78. The predicted molar refractivity (Wildman–Crippen MR) is 80.7 cm³/mol. The molecule has 0 aliphatic carbocycles. The summed E-state index contributed by atoms with van der Waals surface area (Å²) in [6.07, 6.45) is 8.48. The van der Waals surface area contributed by atoms with E-state index < -0.39 is 0 Å². The number of allylic oxidation sites excluding steroid dienone is 3. The molecule has 3 heteroatoms. The molecule has 20 heavy (non-hydrogen) atoms. The first-order valence-electron chi connectivity index (χ1n) is 7.10. The van der Waals surface area contributed by atoms with Crippen molar-refractivity contribution in [2.45, 2.75) is 40.0 Å². The molecule has 1 heterocycles. The fraction of sp³-hybridized carbons (Fsp3) is 0.471. The Kier molecular flexibility index (Phi) is 6.85. The number of esters is 1. The summed E-state index contributed by atoms with van der Waals surface area (Å²) in [5.41, 5.74) is 1.70. The zero-order valence-electron chi connectivity index (χ0n) is 12.6. The van der Waals surface area contributed by atoms with Gasteiger partial charge in [-0.05, 0) is 38.7 Å². The van der Waals surface area contributed by atoms with Crippen molar-refractivity contribution in [3.63, 3.8) is 0 Å². The Hall–Kier alpha value is -1.77. The van der Waals surface area contributed by atoms with E-state index in [-0.39, 0.29) is 5.97 Å². The van der Waals surface area contributed by atoms with Crippen molar-refractivity contribution >= 4 is 5.97 Å². The summed E-state index contributed by atoms with van der Waals surface area (Å²) in [4.78, 5) is 11.5. The average Bonchev–Trinajstić information content (AvgIpc) is 2.87. The van der Waals surface area contributed by atoms with Gasteiger partial charge in [0.2, 0.25) is 0 Å². The first-order chi connectivity index (χ1) is 9.56. The summed E-state index contributed by atoms with van der Waals surface area (Å²) in [5.74, 6) is 1.02. The Morgan fingerprint density at radius 3 is 2.95 bits per heavy atom. The van der Waals surface area contributed by atoms with Gasteiger partial charge in [-0.3, -0.25) is 0 Å². The number of hydrogen-bond acceptors (Lipinski definition) is 3. The van der Waals surface area contributed by atoms with Crippen LogP contribution in [0.3, 0.4) is 0 Å². The normalized spacial score (nSPS) is 13.1. The fourth-order valence-electron chi connectivity index (χ4n) is 1.93. The van der Waals surface area contributed by atoms with Crippen LogP contribution < -0.4 is 0 Å². The summed E-state index contributed by atoms with van der Waals surface area (Å²) >= 11 is 0. The van der Waals surface area contributed by atoms with Crippen LogP contribution in [-0.2, 0) is 11.2 Å². The molecule has 0 bridgehead atoms. The second kappa shape index (κ2) is 8.41. The molecular formula is C17H24O3. The number of furan rings is 1. The molecule has 0 spiro atoms. The van der Waals surface area contributed by atoms with E-state index >= 15 is 0 Å². The van der Waals surface area contributed by atoms with E-state index in [9.17, 15) is 4.79 Å². The Labute approximate surface area is 121 Å². The highest BCUT2D eigenvalue weighted by Gasteiger charge is 2.12. The highest BCUT2D eigenvalue weighted by molar-refractivity contribution is 5.89. The van der Waals surface area contributed by atoms with E-state index in [0.29, 0.717) is 18.1 Å². The molecule has 0 amide bonds. The molecule has 0 N–H and O–H groups in total. The van der Waals surface area contributed by atoms with Crippen LogP contribution in [0.25, 0.3) is 0 Å². The molecule has 0 radical (unpaired) electrons. The predicted octanol–water partition coefficient (Wildman–Crippen LogP) is 4.55. The maximum Gasteiger partial charge on any atom is 0.341 e. The van der Waals surface area contributed by atoms with E-state index in [1.165, 1.54) is 11.8 Å². The molecule has 3 nitrogen and oxygen atoms in total. The van der Waals surface area contributed by atoms with Gasteiger partial charge in [0, 0.05) is 6.42 Å². The van der Waals surface area contributed by atoms with Crippen LogP contribution in [0.4, 0.5) is 0 Å². The molecule has 0 saturated carbocycles. The first kappa shape index (κ1) is 16.3. The third-order valence-corrected chi connectivity index (χ3v) is 3.16. The maximum absolute atomic E-state index is 11.5. The molecule has 1 aromatic rings. The van der Waals surface area contributed by atoms with E-state index in [1.54, 1.807) is 13.0 Å². The third-order valence-electron chi connectivity index (χ3n) is 3.16. The Morgan fingerprint density at radius 1 is 1.55 bits per heavy atom. The van der Waals surface area contributed by atoms with E-state index in [2.05, 4.69) is 26.5 Å². The highest BCUT2D eigenvalue weighted by atomic mass is 16.5. The lowest BCUT2D eigenvalue weighted by Crippen LogP contribution is -2.03. The average molecular weight is 276 g/mol. The van der Waals surface area contributed by atoms with Crippen LogP contribution in [0.2, 0.25) is 0 Å². The van der Waals surface area contributed by atoms with Crippen molar-refractivity contribution in [3.8, 4) is 0 Å². The third kappa shape index (κ3) is 5.47. The van der Waals surface area contributed by atoms with Gasteiger partial charge in [-0.2, -0.15) is 0 Å². The van der Waals surface area contributed by atoms with E-state index in [0.717, 1.165) is 25.0 Å². The molecule has 0 aliphatic rings. The van der Waals surface area contributed by atoms with Crippen molar-refractivity contribution in [2.75, 3.05) is 6.61 Å². The zero-order chi connectivity index (χ0) is 15.0. The van der Waals surface area contributed by atoms with Gasteiger partial charge >= 0.3 is 5.97 Å². The van der Waals surface area contributed by atoms with Crippen molar-refractivity contribution < 1.29 is 13.9 Å². The van der Waals surface area contributed by atoms with Gasteiger partial charge in [-0.25, -0.2) is 4.79 Å². The van der Waals surface area contributed by atoms with Crippen molar-refractivity contribution in [1.29, 1.82) is 0 Å². The molecular weight excluding hydrogens is 252 g/mol. The molecule has 110 valence electrons. The van der Waals surface area contributed by atoms with Crippen molar-refractivity contribution in [2.24, 2.45) is 5.92 Å². The molecule has 0 aromatic carbocycles. The molecule has 0 aliphatic heterocycles. The van der Waals surface area contributed by atoms with Gasteiger partial charge in [0.15, 0.2) is 0 Å². The van der Waals surface area contributed by atoms with E-state index in [1.807, 2.05) is 6.08 Å². The molecule has 1 rings (SSSR count). The Bertz CT molecular complexity index is 468. The maximum atomic E-state index is 11.5. The minimum absolute atomic E-state index is 0.320. The van der Waals surface area contributed by atoms with Crippen molar-refractivity contribution in [3.05, 3.63) is 48.0 Å². The van der Waals surface area contributed by atoms with Gasteiger partial charge in [0.25, 0.3) is 0 Å². The molecule has 1 atom stereocenters.